The second-order valence-corrected chi connectivity index (χ2v) is 8.07. The molecule has 4 aromatic rings. The van der Waals surface area contributed by atoms with Gasteiger partial charge >= 0.3 is 0 Å². The van der Waals surface area contributed by atoms with Crippen molar-refractivity contribution >= 4 is 16.8 Å². The molecular weight excluding hydrogens is 374 g/mol. The van der Waals surface area contributed by atoms with Crippen molar-refractivity contribution in [2.24, 2.45) is 5.92 Å². The Bertz CT molecular complexity index is 1130. The summed E-state index contributed by atoms with van der Waals surface area (Å²) in [6.07, 6.45) is 8.21. The van der Waals surface area contributed by atoms with Crippen molar-refractivity contribution in [3.8, 4) is 11.1 Å². The molecule has 0 radical (unpaired) electrons. The number of benzene rings is 2. The molecule has 1 aliphatic heterocycles. The summed E-state index contributed by atoms with van der Waals surface area (Å²) in [6.45, 7) is 2.57. The minimum atomic E-state index is 0.232. The fourth-order valence-electron chi connectivity index (χ4n) is 4.31. The molecular formula is C24H25N5O. The Labute approximate surface area is 175 Å². The first kappa shape index (κ1) is 18.6. The van der Waals surface area contributed by atoms with Gasteiger partial charge in [-0.1, -0.05) is 36.4 Å². The third kappa shape index (κ3) is 3.85. The zero-order valence-corrected chi connectivity index (χ0v) is 16.9. The first-order chi connectivity index (χ1) is 14.8. The van der Waals surface area contributed by atoms with Gasteiger partial charge in [-0.3, -0.25) is 14.6 Å². The van der Waals surface area contributed by atoms with Gasteiger partial charge < -0.3 is 4.90 Å². The van der Waals surface area contributed by atoms with Crippen molar-refractivity contribution in [2.75, 3.05) is 13.1 Å². The van der Waals surface area contributed by atoms with E-state index in [0.717, 1.165) is 60.1 Å². The number of carbonyl (C=O) groups excluding carboxylic acids is 1. The van der Waals surface area contributed by atoms with E-state index in [4.69, 9.17) is 0 Å². The van der Waals surface area contributed by atoms with Crippen molar-refractivity contribution < 1.29 is 4.79 Å². The normalized spacial score (nSPS) is 15.0. The van der Waals surface area contributed by atoms with Crippen LogP contribution in [-0.4, -0.2) is 43.9 Å². The van der Waals surface area contributed by atoms with Crippen LogP contribution in [0.4, 0.5) is 0 Å². The van der Waals surface area contributed by atoms with Gasteiger partial charge in [-0.25, -0.2) is 0 Å². The lowest BCUT2D eigenvalue weighted by Gasteiger charge is -2.32. The van der Waals surface area contributed by atoms with Gasteiger partial charge in [0.05, 0.1) is 24.3 Å². The molecule has 1 amide bonds. The number of fused-ring (bicyclic) bond motifs is 1. The Morgan fingerprint density at radius 3 is 2.63 bits per heavy atom. The predicted molar refractivity (Wildman–Crippen MR) is 117 cm³/mol. The van der Waals surface area contributed by atoms with Crippen molar-refractivity contribution in [2.45, 2.75) is 25.8 Å². The second kappa shape index (κ2) is 8.14. The van der Waals surface area contributed by atoms with Crippen LogP contribution < -0.4 is 0 Å². The number of hydrogen-bond donors (Lipinski definition) is 1. The van der Waals surface area contributed by atoms with Gasteiger partial charge in [0, 0.05) is 36.8 Å². The van der Waals surface area contributed by atoms with E-state index in [9.17, 15) is 4.79 Å². The number of likely N-dealkylation sites (tertiary alicyclic amines) is 1. The summed E-state index contributed by atoms with van der Waals surface area (Å²) in [5, 5.41) is 12.7. The molecule has 1 N–H and O–H groups in total. The summed E-state index contributed by atoms with van der Waals surface area (Å²) in [7, 11) is 0. The van der Waals surface area contributed by atoms with E-state index < -0.39 is 0 Å². The zero-order valence-electron chi connectivity index (χ0n) is 16.9. The fourth-order valence-corrected chi connectivity index (χ4v) is 4.31. The minimum absolute atomic E-state index is 0.232. The number of nitrogens with one attached hydrogen (secondary N) is 1. The third-order valence-corrected chi connectivity index (χ3v) is 6.07. The van der Waals surface area contributed by atoms with Crippen LogP contribution in [0.25, 0.3) is 22.0 Å². The second-order valence-electron chi connectivity index (χ2n) is 8.07. The molecule has 0 spiro atoms. The van der Waals surface area contributed by atoms with E-state index in [1.54, 1.807) is 0 Å². The maximum Gasteiger partial charge on any atom is 0.226 e. The molecule has 152 valence electrons. The Hall–Kier alpha value is -3.41. The summed E-state index contributed by atoms with van der Waals surface area (Å²) in [6, 6.07) is 16.4. The lowest BCUT2D eigenvalue weighted by molar-refractivity contribution is -0.131. The number of rotatable bonds is 5. The first-order valence-electron chi connectivity index (χ1n) is 10.5. The standard InChI is InChI=1S/C24H25N5O/c30-24(12-18-4-2-1-3-5-18)28-10-8-19(9-11-28)17-29-23-7-6-20(13-21(23)16-27-29)22-14-25-26-15-22/h1-7,13-16,19H,8-12,17H2,(H,25,26). The summed E-state index contributed by atoms with van der Waals surface area (Å²) >= 11 is 0. The van der Waals surface area contributed by atoms with Gasteiger partial charge in [0.25, 0.3) is 0 Å². The summed E-state index contributed by atoms with van der Waals surface area (Å²) in [5.41, 5.74) is 4.46. The molecule has 2 aromatic heterocycles. The molecule has 0 aliphatic carbocycles. The molecule has 2 aromatic carbocycles. The molecule has 3 heterocycles. The monoisotopic (exact) mass is 399 g/mol. The number of aromatic nitrogens is 4. The first-order valence-corrected chi connectivity index (χ1v) is 10.5. The number of aromatic amines is 1. The smallest absolute Gasteiger partial charge is 0.226 e. The average molecular weight is 399 g/mol. The molecule has 1 saturated heterocycles. The van der Waals surface area contributed by atoms with Crippen molar-refractivity contribution in [1.29, 1.82) is 0 Å². The van der Waals surface area contributed by atoms with Gasteiger partial charge in [-0.2, -0.15) is 10.2 Å². The molecule has 0 atom stereocenters. The maximum absolute atomic E-state index is 12.6. The highest BCUT2D eigenvalue weighted by Gasteiger charge is 2.23. The topological polar surface area (TPSA) is 66.8 Å². The van der Waals surface area contributed by atoms with Gasteiger partial charge in [0.2, 0.25) is 5.91 Å². The minimum Gasteiger partial charge on any atom is -0.342 e. The molecule has 1 aliphatic rings. The van der Waals surface area contributed by atoms with Crippen LogP contribution in [0.15, 0.2) is 67.1 Å². The molecule has 0 bridgehead atoms. The zero-order chi connectivity index (χ0) is 20.3. The number of amides is 1. The number of hydrogen-bond acceptors (Lipinski definition) is 3. The van der Waals surface area contributed by atoms with Crippen LogP contribution >= 0.6 is 0 Å². The fraction of sp³-hybridized carbons (Fsp3) is 0.292. The molecule has 1 fully saturated rings. The average Bonchev–Trinajstić information content (AvgIpc) is 3.45. The highest BCUT2D eigenvalue weighted by molar-refractivity contribution is 5.84. The molecule has 6 heteroatoms. The molecule has 0 unspecified atom stereocenters. The van der Waals surface area contributed by atoms with E-state index in [1.165, 1.54) is 0 Å². The number of piperidine rings is 1. The Kier molecular flexibility index (Phi) is 5.05. The summed E-state index contributed by atoms with van der Waals surface area (Å²) < 4.78 is 2.11. The Morgan fingerprint density at radius 1 is 1.03 bits per heavy atom. The molecule has 0 saturated carbocycles. The van der Waals surface area contributed by atoms with Gasteiger partial charge in [-0.05, 0) is 42.0 Å². The van der Waals surface area contributed by atoms with E-state index in [0.29, 0.717) is 12.3 Å². The number of carbonyl (C=O) groups is 1. The lowest BCUT2D eigenvalue weighted by atomic mass is 9.96. The largest absolute Gasteiger partial charge is 0.342 e. The highest BCUT2D eigenvalue weighted by Crippen LogP contribution is 2.26. The maximum atomic E-state index is 12.6. The van der Waals surface area contributed by atoms with Crippen LogP contribution in [-0.2, 0) is 17.8 Å². The van der Waals surface area contributed by atoms with Crippen LogP contribution in [0.3, 0.4) is 0 Å². The van der Waals surface area contributed by atoms with Crippen molar-refractivity contribution in [1.82, 2.24) is 24.9 Å². The number of H-pyrrole nitrogens is 1. The van der Waals surface area contributed by atoms with Gasteiger partial charge in [0.15, 0.2) is 0 Å². The van der Waals surface area contributed by atoms with E-state index in [2.05, 4.69) is 38.2 Å². The van der Waals surface area contributed by atoms with Gasteiger partial charge in [0.1, 0.15) is 0 Å². The summed E-state index contributed by atoms with van der Waals surface area (Å²) in [4.78, 5) is 14.6. The van der Waals surface area contributed by atoms with E-state index in [1.807, 2.05) is 53.8 Å². The van der Waals surface area contributed by atoms with Crippen LogP contribution in [0.5, 0.6) is 0 Å². The third-order valence-electron chi connectivity index (χ3n) is 6.07. The van der Waals surface area contributed by atoms with Crippen LogP contribution in [0.1, 0.15) is 18.4 Å². The number of nitrogens with zero attached hydrogens (tertiary/aromatic N) is 4. The van der Waals surface area contributed by atoms with Crippen LogP contribution in [0.2, 0.25) is 0 Å². The summed E-state index contributed by atoms with van der Waals surface area (Å²) in [5.74, 6) is 0.776. The van der Waals surface area contributed by atoms with Crippen molar-refractivity contribution in [3.05, 3.63) is 72.7 Å². The SMILES string of the molecule is O=C(Cc1ccccc1)N1CCC(Cn2ncc3cc(-c4cn[nH]c4)ccc32)CC1. The molecule has 30 heavy (non-hydrogen) atoms. The predicted octanol–water partition coefficient (Wildman–Crippen LogP) is 3.91. The lowest BCUT2D eigenvalue weighted by Crippen LogP contribution is -2.40. The quantitative estimate of drug-likeness (QED) is 0.553. The molecule has 5 rings (SSSR count). The van der Waals surface area contributed by atoms with E-state index in [-0.39, 0.29) is 5.91 Å². The van der Waals surface area contributed by atoms with Crippen molar-refractivity contribution in [3.63, 3.8) is 0 Å². The Balaban J connectivity index is 1.20. The Morgan fingerprint density at radius 2 is 1.87 bits per heavy atom. The highest BCUT2D eigenvalue weighted by atomic mass is 16.2. The van der Waals surface area contributed by atoms with Crippen LogP contribution in [0, 0.1) is 5.92 Å². The molecule has 6 nitrogen and oxygen atoms in total. The van der Waals surface area contributed by atoms with E-state index >= 15 is 0 Å². The van der Waals surface area contributed by atoms with Gasteiger partial charge in [-0.15, -0.1) is 0 Å².